The monoisotopic (exact) mass is 190 g/mol. The van der Waals surface area contributed by atoms with Gasteiger partial charge in [-0.2, -0.15) is 0 Å². The van der Waals surface area contributed by atoms with E-state index in [2.05, 4.69) is 0 Å². The molecule has 0 radical (unpaired) electrons. The highest BCUT2D eigenvalue weighted by molar-refractivity contribution is 7.18. The Morgan fingerprint density at radius 3 is 2.55 bits per heavy atom. The van der Waals surface area contributed by atoms with Crippen LogP contribution in [0.25, 0.3) is 0 Å². The van der Waals surface area contributed by atoms with Crippen LogP contribution >= 0.6 is 22.9 Å². The maximum absolute atomic E-state index is 10.9. The first-order chi connectivity index (χ1) is 5.09. The van der Waals surface area contributed by atoms with Crippen molar-refractivity contribution in [3.8, 4) is 0 Å². The minimum atomic E-state index is -0.0232. The Morgan fingerprint density at radius 2 is 2.09 bits per heavy atom. The van der Waals surface area contributed by atoms with Crippen molar-refractivity contribution in [2.75, 3.05) is 14.1 Å². The summed E-state index contributed by atoms with van der Waals surface area (Å²) in [5, 5.41) is 0.961. The van der Waals surface area contributed by atoms with Crippen LogP contribution in [0.4, 0.5) is 5.00 Å². The van der Waals surface area contributed by atoms with Crippen LogP contribution in [0.5, 0.6) is 0 Å². The van der Waals surface area contributed by atoms with Gasteiger partial charge in [0.05, 0.1) is 20.2 Å². The first kappa shape index (κ1) is 8.71. The Labute approximate surface area is 74.0 Å². The zero-order chi connectivity index (χ0) is 8.43. The van der Waals surface area contributed by atoms with E-state index in [0.29, 0.717) is 4.34 Å². The van der Waals surface area contributed by atoms with Crippen LogP contribution in [0, 0.1) is 0 Å². The summed E-state index contributed by atoms with van der Waals surface area (Å²) in [4.78, 5) is 12.0. The van der Waals surface area contributed by atoms with Crippen molar-refractivity contribution in [2.45, 2.75) is 0 Å². The van der Waals surface area contributed by atoms with Crippen LogP contribution < -0.4 is 10.3 Å². The average Bonchev–Trinajstić information content (AvgIpc) is 1.85. The zero-order valence-corrected chi connectivity index (χ0v) is 7.92. The maximum atomic E-state index is 10.9. The summed E-state index contributed by atoms with van der Waals surface area (Å²) in [7, 11) is 3.92. The summed E-state index contributed by atoms with van der Waals surface area (Å²) in [6.45, 7) is 0. The van der Waals surface area contributed by atoms with Gasteiger partial charge in [0.2, 0.25) is 0 Å². The molecule has 0 bridgehead atoms. The lowest BCUT2D eigenvalue weighted by Gasteiger charge is -2.03. The Bertz CT molecular complexity index is 308. The quantitative estimate of drug-likeness (QED) is 0.686. The number of hydrogen-bond acceptors (Lipinski definition) is 2. The lowest BCUT2D eigenvalue weighted by Crippen LogP contribution is -3.00. The SMILES string of the molecule is C[NH+](C)c1cc(=O)cc(Cl)s1. The molecule has 2 nitrogen and oxygen atoms in total. The molecule has 0 aliphatic carbocycles. The van der Waals surface area contributed by atoms with Crippen molar-refractivity contribution in [2.24, 2.45) is 0 Å². The van der Waals surface area contributed by atoms with Gasteiger partial charge in [-0.15, -0.1) is 0 Å². The predicted octanol–water partition coefficient (Wildman–Crippen LogP) is 0.538. The van der Waals surface area contributed by atoms with Gasteiger partial charge in [0.1, 0.15) is 4.34 Å². The molecule has 0 aromatic carbocycles. The van der Waals surface area contributed by atoms with Crippen LogP contribution in [0.15, 0.2) is 16.9 Å². The third kappa shape index (κ3) is 2.29. The molecule has 1 rings (SSSR count). The van der Waals surface area contributed by atoms with Gasteiger partial charge in [-0.05, 0) is 0 Å². The molecule has 11 heavy (non-hydrogen) atoms. The standard InChI is InChI=1S/C7H8ClNOS/c1-9(2)7-4-5(10)3-6(8)11-7/h3-4H,1-2H3/p+1. The molecular weight excluding hydrogens is 182 g/mol. The minimum Gasteiger partial charge on any atom is -0.298 e. The van der Waals surface area contributed by atoms with E-state index in [0.717, 1.165) is 9.90 Å². The summed E-state index contributed by atoms with van der Waals surface area (Å²) in [6, 6.07) is 3.03. The van der Waals surface area contributed by atoms with Gasteiger partial charge in [0, 0.05) is 6.07 Å². The fourth-order valence-corrected chi connectivity index (χ4v) is 1.81. The van der Waals surface area contributed by atoms with E-state index in [9.17, 15) is 4.79 Å². The van der Waals surface area contributed by atoms with Gasteiger partial charge >= 0.3 is 0 Å². The molecular formula is C7H9ClNOS+. The van der Waals surface area contributed by atoms with Crippen LogP contribution in [-0.2, 0) is 0 Å². The molecule has 0 atom stereocenters. The molecule has 1 N–H and O–H groups in total. The normalized spacial score (nSPS) is 10.5. The van der Waals surface area contributed by atoms with E-state index in [1.54, 1.807) is 6.07 Å². The van der Waals surface area contributed by atoms with Gasteiger partial charge in [-0.25, -0.2) is 0 Å². The van der Waals surface area contributed by atoms with E-state index in [1.165, 1.54) is 17.4 Å². The first-order valence-corrected chi connectivity index (χ1v) is 4.40. The van der Waals surface area contributed by atoms with Crippen LogP contribution in [0.2, 0.25) is 4.34 Å². The van der Waals surface area contributed by atoms with Gasteiger partial charge in [0.25, 0.3) is 0 Å². The second kappa shape index (κ2) is 3.34. The second-order valence-corrected chi connectivity index (χ2v) is 4.18. The van der Waals surface area contributed by atoms with Gasteiger partial charge in [0.15, 0.2) is 10.4 Å². The lowest BCUT2D eigenvalue weighted by atomic mass is 10.5. The number of nitrogens with one attached hydrogen (secondary N) is 1. The molecule has 60 valence electrons. The van der Waals surface area contributed by atoms with Crippen molar-refractivity contribution in [3.63, 3.8) is 0 Å². The van der Waals surface area contributed by atoms with Crippen molar-refractivity contribution in [1.82, 2.24) is 0 Å². The zero-order valence-electron chi connectivity index (χ0n) is 6.35. The Kier molecular flexibility index (Phi) is 2.65. The van der Waals surface area contributed by atoms with Crippen molar-refractivity contribution >= 4 is 27.9 Å². The van der Waals surface area contributed by atoms with E-state index < -0.39 is 0 Å². The van der Waals surface area contributed by atoms with Crippen LogP contribution in [-0.4, -0.2) is 14.1 Å². The molecule has 0 aliphatic rings. The van der Waals surface area contributed by atoms with E-state index in [4.69, 9.17) is 11.6 Å². The van der Waals surface area contributed by atoms with E-state index in [-0.39, 0.29) is 5.43 Å². The molecule has 1 aromatic rings. The second-order valence-electron chi connectivity index (χ2n) is 2.46. The Morgan fingerprint density at radius 1 is 1.45 bits per heavy atom. The first-order valence-electron chi connectivity index (χ1n) is 3.21. The van der Waals surface area contributed by atoms with Crippen LogP contribution in [0.3, 0.4) is 0 Å². The maximum Gasteiger partial charge on any atom is 0.191 e. The predicted molar refractivity (Wildman–Crippen MR) is 48.1 cm³/mol. The van der Waals surface area contributed by atoms with Crippen molar-refractivity contribution < 1.29 is 4.90 Å². The fourth-order valence-electron chi connectivity index (χ4n) is 0.693. The summed E-state index contributed by atoms with van der Waals surface area (Å²) >= 11 is 7.13. The smallest absolute Gasteiger partial charge is 0.191 e. The third-order valence-electron chi connectivity index (χ3n) is 1.23. The Balaban J connectivity index is 3.19. The molecule has 0 fully saturated rings. The highest BCUT2D eigenvalue weighted by atomic mass is 35.5. The molecule has 1 aromatic heterocycles. The molecule has 4 heteroatoms. The van der Waals surface area contributed by atoms with Crippen molar-refractivity contribution in [3.05, 3.63) is 26.7 Å². The summed E-state index contributed by atoms with van der Waals surface area (Å²) < 4.78 is 0.550. The van der Waals surface area contributed by atoms with Gasteiger partial charge < -0.3 is 0 Å². The van der Waals surface area contributed by atoms with E-state index in [1.807, 2.05) is 14.1 Å². The molecule has 0 amide bonds. The molecule has 0 unspecified atom stereocenters. The third-order valence-corrected chi connectivity index (χ3v) is 2.63. The number of quaternary nitrogens is 1. The summed E-state index contributed by atoms with van der Waals surface area (Å²) in [5.74, 6) is 0. The molecule has 1 heterocycles. The fraction of sp³-hybridized carbons (Fsp3) is 0.286. The lowest BCUT2D eigenvalue weighted by molar-refractivity contribution is -0.783. The van der Waals surface area contributed by atoms with Gasteiger partial charge in [-0.1, -0.05) is 22.9 Å². The van der Waals surface area contributed by atoms with E-state index >= 15 is 0 Å². The molecule has 0 saturated heterocycles. The molecule has 0 spiro atoms. The Hall–Kier alpha value is -0.380. The highest BCUT2D eigenvalue weighted by Crippen LogP contribution is 2.17. The summed E-state index contributed by atoms with van der Waals surface area (Å²) in [6.07, 6.45) is 0. The number of rotatable bonds is 1. The highest BCUT2D eigenvalue weighted by Gasteiger charge is 2.03. The van der Waals surface area contributed by atoms with Crippen LogP contribution in [0.1, 0.15) is 0 Å². The topological polar surface area (TPSA) is 21.5 Å². The number of hydrogen-bond donors (Lipinski definition) is 1. The average molecular weight is 191 g/mol. The van der Waals surface area contributed by atoms with Crippen molar-refractivity contribution in [1.29, 1.82) is 0 Å². The minimum absolute atomic E-state index is 0.0232. The largest absolute Gasteiger partial charge is 0.298 e. The number of halogens is 1. The molecule has 0 saturated carbocycles. The summed E-state index contributed by atoms with van der Waals surface area (Å²) in [5.41, 5.74) is -0.0232. The van der Waals surface area contributed by atoms with Gasteiger partial charge in [-0.3, -0.25) is 9.69 Å². The molecule has 0 aliphatic heterocycles.